The van der Waals surface area contributed by atoms with Gasteiger partial charge >= 0.3 is 6.18 Å². The number of halogens is 4. The van der Waals surface area contributed by atoms with Crippen LogP contribution in [0.25, 0.3) is 0 Å². The molecule has 0 N–H and O–H groups in total. The zero-order chi connectivity index (χ0) is 13.9. The van der Waals surface area contributed by atoms with Crippen molar-refractivity contribution >= 4 is 12.4 Å². The summed E-state index contributed by atoms with van der Waals surface area (Å²) in [5, 5.41) is 8.61. The van der Waals surface area contributed by atoms with Gasteiger partial charge in [-0.15, -0.1) is 12.4 Å². The molecular formula is C12H7ClF3N3O. The summed E-state index contributed by atoms with van der Waals surface area (Å²) in [4.78, 5) is 6.33. The van der Waals surface area contributed by atoms with E-state index in [1.807, 2.05) is 6.07 Å². The fourth-order valence-corrected chi connectivity index (χ4v) is 1.25. The summed E-state index contributed by atoms with van der Waals surface area (Å²) in [5.41, 5.74) is 0.455. The molecule has 0 fully saturated rings. The van der Waals surface area contributed by atoms with E-state index in [4.69, 9.17) is 10.00 Å². The minimum Gasteiger partial charge on any atom is -0.454 e. The van der Waals surface area contributed by atoms with Crippen molar-refractivity contribution in [3.63, 3.8) is 0 Å². The third-order valence-corrected chi connectivity index (χ3v) is 2.10. The van der Waals surface area contributed by atoms with Crippen LogP contribution in [0, 0.1) is 11.3 Å². The number of hydrogen-bond acceptors (Lipinski definition) is 4. The Balaban J connectivity index is 0.00000200. The van der Waals surface area contributed by atoms with E-state index < -0.39 is 12.0 Å². The monoisotopic (exact) mass is 301 g/mol. The van der Waals surface area contributed by atoms with Crippen LogP contribution in [0.5, 0.6) is 11.5 Å². The van der Waals surface area contributed by atoms with Gasteiger partial charge in [0.2, 0.25) is 5.82 Å². The summed E-state index contributed by atoms with van der Waals surface area (Å²) in [5.74, 6) is -0.764. The zero-order valence-electron chi connectivity index (χ0n) is 9.76. The number of rotatable bonds is 2. The average Bonchev–Trinajstić information content (AvgIpc) is 2.39. The Morgan fingerprint density at radius 3 is 2.00 bits per heavy atom. The number of nitrogens with zero attached hydrogens (tertiary/aromatic N) is 3. The van der Waals surface area contributed by atoms with E-state index in [1.54, 1.807) is 0 Å². The Bertz CT molecular complexity index is 606. The number of aromatic nitrogens is 2. The van der Waals surface area contributed by atoms with Crippen molar-refractivity contribution in [3.8, 4) is 17.6 Å². The molecule has 20 heavy (non-hydrogen) atoms. The summed E-state index contributed by atoms with van der Waals surface area (Å²) in [6.45, 7) is 0. The van der Waals surface area contributed by atoms with Gasteiger partial charge < -0.3 is 4.74 Å². The first kappa shape index (κ1) is 15.7. The molecular weight excluding hydrogens is 295 g/mol. The molecule has 2 rings (SSSR count). The molecule has 0 spiro atoms. The molecule has 0 aliphatic rings. The molecule has 0 saturated carbocycles. The van der Waals surface area contributed by atoms with Gasteiger partial charge in [-0.25, -0.2) is 9.97 Å². The fourth-order valence-electron chi connectivity index (χ4n) is 1.25. The molecule has 0 aliphatic carbocycles. The van der Waals surface area contributed by atoms with Crippen LogP contribution < -0.4 is 4.74 Å². The van der Waals surface area contributed by atoms with Crippen LogP contribution in [0.4, 0.5) is 13.2 Å². The van der Waals surface area contributed by atoms with Crippen molar-refractivity contribution in [3.05, 3.63) is 48.0 Å². The lowest BCUT2D eigenvalue weighted by Gasteiger charge is -2.07. The van der Waals surface area contributed by atoms with E-state index in [0.717, 1.165) is 12.4 Å². The second-order valence-corrected chi connectivity index (χ2v) is 3.48. The molecule has 0 unspecified atom stereocenters. The van der Waals surface area contributed by atoms with E-state index in [0.29, 0.717) is 11.3 Å². The second kappa shape index (κ2) is 6.21. The molecule has 1 aromatic carbocycles. The van der Waals surface area contributed by atoms with Crippen LogP contribution >= 0.6 is 12.4 Å². The molecule has 0 radical (unpaired) electrons. The van der Waals surface area contributed by atoms with Crippen LogP contribution in [0.1, 0.15) is 11.4 Å². The van der Waals surface area contributed by atoms with Gasteiger partial charge in [-0.3, -0.25) is 0 Å². The van der Waals surface area contributed by atoms with E-state index in [1.165, 1.54) is 24.3 Å². The van der Waals surface area contributed by atoms with Crippen molar-refractivity contribution in [2.75, 3.05) is 0 Å². The van der Waals surface area contributed by atoms with Crippen molar-refractivity contribution in [2.45, 2.75) is 6.18 Å². The maximum absolute atomic E-state index is 12.2. The van der Waals surface area contributed by atoms with Gasteiger partial charge in [0.05, 0.1) is 24.0 Å². The Morgan fingerprint density at radius 2 is 1.55 bits per heavy atom. The molecule has 4 nitrogen and oxygen atoms in total. The van der Waals surface area contributed by atoms with E-state index in [-0.39, 0.29) is 18.2 Å². The highest BCUT2D eigenvalue weighted by Crippen LogP contribution is 2.27. The van der Waals surface area contributed by atoms with Gasteiger partial charge in [-0.1, -0.05) is 0 Å². The molecule has 2 aromatic rings. The molecule has 1 heterocycles. The summed E-state index contributed by atoms with van der Waals surface area (Å²) in [7, 11) is 0. The van der Waals surface area contributed by atoms with Gasteiger partial charge in [0, 0.05) is 0 Å². The van der Waals surface area contributed by atoms with Gasteiger partial charge in [0.25, 0.3) is 0 Å². The van der Waals surface area contributed by atoms with Crippen molar-refractivity contribution in [1.29, 1.82) is 5.26 Å². The van der Waals surface area contributed by atoms with Crippen molar-refractivity contribution < 1.29 is 17.9 Å². The molecule has 104 valence electrons. The Labute approximate surface area is 118 Å². The van der Waals surface area contributed by atoms with Crippen molar-refractivity contribution in [1.82, 2.24) is 9.97 Å². The van der Waals surface area contributed by atoms with E-state index in [9.17, 15) is 13.2 Å². The number of benzene rings is 1. The minimum absolute atomic E-state index is 0. The van der Waals surface area contributed by atoms with Crippen molar-refractivity contribution in [2.24, 2.45) is 0 Å². The van der Waals surface area contributed by atoms with Crippen LogP contribution in [0.3, 0.4) is 0 Å². The summed E-state index contributed by atoms with van der Waals surface area (Å²) in [6.07, 6.45) is -2.70. The van der Waals surface area contributed by atoms with Gasteiger partial charge in [-0.05, 0) is 24.3 Å². The molecule has 8 heteroatoms. The summed E-state index contributed by atoms with van der Waals surface area (Å²) >= 11 is 0. The van der Waals surface area contributed by atoms with Crippen LogP contribution in [0.2, 0.25) is 0 Å². The molecule has 0 bridgehead atoms. The minimum atomic E-state index is -4.58. The number of nitriles is 1. The molecule has 0 amide bonds. The predicted molar refractivity (Wildman–Crippen MR) is 65.5 cm³/mol. The summed E-state index contributed by atoms with van der Waals surface area (Å²) in [6, 6.07) is 8.04. The van der Waals surface area contributed by atoms with Crippen LogP contribution in [-0.2, 0) is 6.18 Å². The quantitative estimate of drug-likeness (QED) is 0.850. The van der Waals surface area contributed by atoms with Crippen LogP contribution in [-0.4, -0.2) is 9.97 Å². The zero-order valence-corrected chi connectivity index (χ0v) is 10.6. The highest BCUT2D eigenvalue weighted by molar-refractivity contribution is 5.85. The smallest absolute Gasteiger partial charge is 0.451 e. The van der Waals surface area contributed by atoms with Gasteiger partial charge in [-0.2, -0.15) is 18.4 Å². The standard InChI is InChI=1S/C12H6F3N3O.ClH/c13-12(14,15)11-17-6-10(7-18-11)19-9-3-1-8(5-16)2-4-9;/h1-4,6-7H;1H. The highest BCUT2D eigenvalue weighted by atomic mass is 35.5. The number of alkyl halides is 3. The maximum Gasteiger partial charge on any atom is 0.451 e. The first-order chi connectivity index (χ1) is 8.99. The Kier molecular flexibility index (Phi) is 4.88. The molecule has 0 atom stereocenters. The van der Waals surface area contributed by atoms with E-state index in [2.05, 4.69) is 9.97 Å². The third-order valence-electron chi connectivity index (χ3n) is 2.10. The first-order valence-corrected chi connectivity index (χ1v) is 5.06. The Morgan fingerprint density at radius 1 is 1.00 bits per heavy atom. The average molecular weight is 302 g/mol. The second-order valence-electron chi connectivity index (χ2n) is 3.48. The predicted octanol–water partition coefficient (Wildman–Crippen LogP) is 3.58. The molecule has 1 aromatic heterocycles. The topological polar surface area (TPSA) is 58.8 Å². The highest BCUT2D eigenvalue weighted by Gasteiger charge is 2.34. The Hall–Kier alpha value is -2.33. The van der Waals surface area contributed by atoms with Crippen LogP contribution in [0.15, 0.2) is 36.7 Å². The largest absolute Gasteiger partial charge is 0.454 e. The molecule has 0 aliphatic heterocycles. The lowest BCUT2D eigenvalue weighted by Crippen LogP contribution is -2.10. The van der Waals surface area contributed by atoms with Gasteiger partial charge in [0.1, 0.15) is 5.75 Å². The maximum atomic E-state index is 12.2. The molecule has 0 saturated heterocycles. The SMILES string of the molecule is Cl.N#Cc1ccc(Oc2cnc(C(F)(F)F)nc2)cc1. The first-order valence-electron chi connectivity index (χ1n) is 5.06. The summed E-state index contributed by atoms with van der Waals surface area (Å²) < 4.78 is 41.9. The lowest BCUT2D eigenvalue weighted by molar-refractivity contribution is -0.145. The normalized spacial score (nSPS) is 10.3. The lowest BCUT2D eigenvalue weighted by atomic mass is 10.2. The fraction of sp³-hybridized carbons (Fsp3) is 0.0833. The third kappa shape index (κ3) is 3.83. The number of hydrogen-bond donors (Lipinski definition) is 0. The number of ether oxygens (including phenoxy) is 1. The van der Waals surface area contributed by atoms with Gasteiger partial charge in [0.15, 0.2) is 5.75 Å². The van der Waals surface area contributed by atoms with E-state index >= 15 is 0 Å².